The Morgan fingerprint density at radius 2 is 1.96 bits per heavy atom. The summed E-state index contributed by atoms with van der Waals surface area (Å²) in [5.41, 5.74) is 2.87. The summed E-state index contributed by atoms with van der Waals surface area (Å²) >= 11 is 0. The fourth-order valence-electron chi connectivity index (χ4n) is 4.77. The highest BCUT2D eigenvalue weighted by Crippen LogP contribution is 2.35. The van der Waals surface area contributed by atoms with E-state index in [0.29, 0.717) is 24.4 Å². The zero-order chi connectivity index (χ0) is 19.1. The summed E-state index contributed by atoms with van der Waals surface area (Å²) in [5.74, 6) is 1.10. The standard InChI is InChI=1S/C22H25N3O3/c26-21-17-6-4-5-15-9-12-25(18(13-23-21)20(15)17)22(27)19-8-7-16(28-19)14-24-10-2-1-3-11-24/h4-8,18H,1-3,9-14H2,(H,23,26). The SMILES string of the molecule is O=C1NCC2c3c(cccc31)CCN2C(=O)c1ccc(CN2CCCCC2)o1. The van der Waals surface area contributed by atoms with Gasteiger partial charge in [-0.15, -0.1) is 0 Å². The molecule has 1 atom stereocenters. The number of nitrogens with one attached hydrogen (secondary N) is 1. The summed E-state index contributed by atoms with van der Waals surface area (Å²) in [6.45, 7) is 4.04. The van der Waals surface area contributed by atoms with E-state index < -0.39 is 0 Å². The minimum Gasteiger partial charge on any atom is -0.455 e. The van der Waals surface area contributed by atoms with E-state index in [2.05, 4.69) is 16.3 Å². The van der Waals surface area contributed by atoms with Crippen LogP contribution in [0, 0.1) is 0 Å². The second-order valence-corrected chi connectivity index (χ2v) is 7.96. The molecule has 0 bridgehead atoms. The summed E-state index contributed by atoms with van der Waals surface area (Å²) < 4.78 is 5.93. The van der Waals surface area contributed by atoms with Gasteiger partial charge in [0.15, 0.2) is 5.76 Å². The summed E-state index contributed by atoms with van der Waals surface area (Å²) in [4.78, 5) is 29.7. The molecule has 1 aromatic carbocycles. The Morgan fingerprint density at radius 1 is 1.11 bits per heavy atom. The van der Waals surface area contributed by atoms with Crippen LogP contribution in [0.1, 0.15) is 63.1 Å². The molecule has 1 saturated heterocycles. The van der Waals surface area contributed by atoms with Gasteiger partial charge in [0.1, 0.15) is 5.76 Å². The van der Waals surface area contributed by atoms with Gasteiger partial charge in [0, 0.05) is 18.7 Å². The van der Waals surface area contributed by atoms with E-state index in [1.807, 2.05) is 23.1 Å². The Labute approximate surface area is 164 Å². The number of likely N-dealkylation sites (tertiary alicyclic amines) is 1. The fraction of sp³-hybridized carbons (Fsp3) is 0.455. The molecule has 3 aliphatic rings. The zero-order valence-corrected chi connectivity index (χ0v) is 15.9. The van der Waals surface area contributed by atoms with Crippen molar-refractivity contribution in [2.24, 2.45) is 0 Å². The molecule has 0 saturated carbocycles. The van der Waals surface area contributed by atoms with Gasteiger partial charge in [-0.3, -0.25) is 14.5 Å². The highest BCUT2D eigenvalue weighted by Gasteiger charge is 2.38. The Balaban J connectivity index is 1.37. The first kappa shape index (κ1) is 17.5. The zero-order valence-electron chi connectivity index (χ0n) is 15.9. The second kappa shape index (κ2) is 7.09. The van der Waals surface area contributed by atoms with Crippen LogP contribution in [-0.4, -0.2) is 47.8 Å². The maximum Gasteiger partial charge on any atom is 0.290 e. The number of rotatable bonds is 3. The number of piperidine rings is 1. The minimum atomic E-state index is -0.124. The minimum absolute atomic E-state index is 0.0517. The van der Waals surface area contributed by atoms with Crippen molar-refractivity contribution in [2.45, 2.75) is 38.3 Å². The highest BCUT2D eigenvalue weighted by molar-refractivity contribution is 5.98. The molecule has 0 spiro atoms. The van der Waals surface area contributed by atoms with E-state index in [1.165, 1.54) is 24.8 Å². The lowest BCUT2D eigenvalue weighted by atomic mass is 9.86. The van der Waals surface area contributed by atoms with Crippen molar-refractivity contribution in [3.05, 3.63) is 58.5 Å². The quantitative estimate of drug-likeness (QED) is 0.891. The molecule has 2 amide bonds. The van der Waals surface area contributed by atoms with Gasteiger partial charge >= 0.3 is 0 Å². The van der Waals surface area contributed by atoms with Crippen molar-refractivity contribution in [3.8, 4) is 0 Å². The molecule has 6 nitrogen and oxygen atoms in total. The van der Waals surface area contributed by atoms with Crippen molar-refractivity contribution in [3.63, 3.8) is 0 Å². The summed E-state index contributed by atoms with van der Waals surface area (Å²) in [5, 5.41) is 2.93. The van der Waals surface area contributed by atoms with Crippen molar-refractivity contribution in [1.82, 2.24) is 15.1 Å². The molecule has 146 valence electrons. The van der Waals surface area contributed by atoms with Gasteiger partial charge in [-0.2, -0.15) is 0 Å². The van der Waals surface area contributed by atoms with Crippen molar-refractivity contribution in [1.29, 1.82) is 0 Å². The summed E-state index contributed by atoms with van der Waals surface area (Å²) in [7, 11) is 0. The molecule has 1 aromatic heterocycles. The molecule has 4 heterocycles. The number of amides is 2. The van der Waals surface area contributed by atoms with Crippen LogP contribution in [-0.2, 0) is 13.0 Å². The second-order valence-electron chi connectivity index (χ2n) is 7.96. The van der Waals surface area contributed by atoms with Crippen LogP contribution in [0.4, 0.5) is 0 Å². The van der Waals surface area contributed by atoms with E-state index >= 15 is 0 Å². The van der Waals surface area contributed by atoms with E-state index in [0.717, 1.165) is 37.4 Å². The maximum atomic E-state index is 13.2. The summed E-state index contributed by atoms with van der Waals surface area (Å²) in [6, 6.07) is 9.43. The molecule has 1 unspecified atom stereocenters. The third kappa shape index (κ3) is 3.02. The van der Waals surface area contributed by atoms with Crippen molar-refractivity contribution < 1.29 is 14.0 Å². The predicted molar refractivity (Wildman–Crippen MR) is 104 cm³/mol. The topological polar surface area (TPSA) is 65.8 Å². The van der Waals surface area contributed by atoms with Gasteiger partial charge in [0.05, 0.1) is 12.6 Å². The fourth-order valence-corrected chi connectivity index (χ4v) is 4.77. The predicted octanol–water partition coefficient (Wildman–Crippen LogP) is 2.75. The number of benzene rings is 1. The Kier molecular flexibility index (Phi) is 4.43. The van der Waals surface area contributed by atoms with Crippen LogP contribution in [0.15, 0.2) is 34.7 Å². The first-order valence-corrected chi connectivity index (χ1v) is 10.2. The van der Waals surface area contributed by atoms with Crippen molar-refractivity contribution >= 4 is 11.8 Å². The molecule has 28 heavy (non-hydrogen) atoms. The first-order valence-electron chi connectivity index (χ1n) is 10.2. The molecule has 3 aliphatic heterocycles. The van der Waals surface area contributed by atoms with Crippen LogP contribution in [0.25, 0.3) is 0 Å². The molecule has 5 rings (SSSR count). The van der Waals surface area contributed by atoms with Gasteiger partial charge in [-0.1, -0.05) is 18.6 Å². The van der Waals surface area contributed by atoms with Crippen LogP contribution in [0.5, 0.6) is 0 Å². The average Bonchev–Trinajstić information content (AvgIpc) is 3.19. The molecule has 2 aromatic rings. The molecule has 6 heteroatoms. The Hall–Kier alpha value is -2.60. The molecular weight excluding hydrogens is 354 g/mol. The number of furan rings is 1. The van der Waals surface area contributed by atoms with Gasteiger partial charge in [-0.25, -0.2) is 0 Å². The van der Waals surface area contributed by atoms with Crippen LogP contribution >= 0.6 is 0 Å². The van der Waals surface area contributed by atoms with E-state index in [-0.39, 0.29) is 17.9 Å². The lowest BCUT2D eigenvalue weighted by Gasteiger charge is -2.40. The lowest BCUT2D eigenvalue weighted by molar-refractivity contribution is 0.0598. The van der Waals surface area contributed by atoms with E-state index in [9.17, 15) is 9.59 Å². The molecular formula is C22H25N3O3. The van der Waals surface area contributed by atoms with Gasteiger partial charge in [0.2, 0.25) is 0 Å². The molecule has 1 fully saturated rings. The average molecular weight is 379 g/mol. The normalized spacial score (nSPS) is 21.9. The number of nitrogens with zero attached hydrogens (tertiary/aromatic N) is 2. The number of carbonyl (C=O) groups excluding carboxylic acids is 2. The number of hydrogen-bond donors (Lipinski definition) is 1. The van der Waals surface area contributed by atoms with Gasteiger partial charge in [0.25, 0.3) is 11.8 Å². The lowest BCUT2D eigenvalue weighted by Crippen LogP contribution is -2.49. The van der Waals surface area contributed by atoms with Gasteiger partial charge in [-0.05, 0) is 61.7 Å². The number of carbonyl (C=O) groups is 2. The Bertz CT molecular complexity index is 914. The summed E-state index contributed by atoms with van der Waals surface area (Å²) in [6.07, 6.45) is 4.53. The maximum absolute atomic E-state index is 13.2. The third-order valence-corrected chi connectivity index (χ3v) is 6.19. The monoisotopic (exact) mass is 379 g/mol. The Morgan fingerprint density at radius 3 is 2.82 bits per heavy atom. The smallest absolute Gasteiger partial charge is 0.290 e. The third-order valence-electron chi connectivity index (χ3n) is 6.19. The van der Waals surface area contributed by atoms with E-state index in [4.69, 9.17) is 4.42 Å². The number of hydrogen-bond acceptors (Lipinski definition) is 4. The van der Waals surface area contributed by atoms with Crippen molar-refractivity contribution in [2.75, 3.05) is 26.2 Å². The molecule has 0 aliphatic carbocycles. The van der Waals surface area contributed by atoms with Crippen LogP contribution in [0.3, 0.4) is 0 Å². The van der Waals surface area contributed by atoms with E-state index in [1.54, 1.807) is 6.07 Å². The van der Waals surface area contributed by atoms with Crippen LogP contribution in [0.2, 0.25) is 0 Å². The molecule has 1 N–H and O–H groups in total. The largest absolute Gasteiger partial charge is 0.455 e. The van der Waals surface area contributed by atoms with Crippen LogP contribution < -0.4 is 5.32 Å². The first-order chi connectivity index (χ1) is 13.7. The van der Waals surface area contributed by atoms with Gasteiger partial charge < -0.3 is 14.6 Å². The highest BCUT2D eigenvalue weighted by atomic mass is 16.4. The molecule has 0 radical (unpaired) electrons.